The van der Waals surface area contributed by atoms with Crippen molar-refractivity contribution in [3.05, 3.63) is 12.2 Å². The molecule has 0 aromatic rings. The fraction of sp³-hybridized carbons (Fsp3) is 0.931. The van der Waals surface area contributed by atoms with E-state index < -0.39 is 13.3 Å². The van der Waals surface area contributed by atoms with Crippen LogP contribution in [0.1, 0.15) is 149 Å². The number of rotatable bonds is 24. The van der Waals surface area contributed by atoms with Crippen molar-refractivity contribution >= 4 is 8.03 Å². The van der Waals surface area contributed by atoms with Crippen LogP contribution in [0.25, 0.3) is 0 Å². The quantitative estimate of drug-likeness (QED) is 0.0592. The van der Waals surface area contributed by atoms with Gasteiger partial charge in [-0.2, -0.15) is 0 Å². The highest BCUT2D eigenvalue weighted by Gasteiger charge is 2.52. The Bertz CT molecular complexity index is 487. The van der Waals surface area contributed by atoms with Crippen molar-refractivity contribution in [1.29, 1.82) is 0 Å². The van der Waals surface area contributed by atoms with E-state index in [1.807, 2.05) is 28.1 Å². The van der Waals surface area contributed by atoms with Gasteiger partial charge in [-0.25, -0.2) is 0 Å². The molecule has 0 fully saturated rings. The van der Waals surface area contributed by atoms with Crippen LogP contribution in [0, 0.1) is 0 Å². The van der Waals surface area contributed by atoms with Gasteiger partial charge in [-0.3, -0.25) is 4.48 Å². The third kappa shape index (κ3) is 16.1. The van der Waals surface area contributed by atoms with Crippen molar-refractivity contribution < 1.29 is 13.9 Å². The second-order valence-electron chi connectivity index (χ2n) is 11.1. The topological polar surface area (TPSA) is 40.1 Å². The molecular formula is C29H59NO2P+. The van der Waals surface area contributed by atoms with Crippen molar-refractivity contribution in [2.45, 2.75) is 154 Å². The average Bonchev–Trinajstić information content (AvgIpc) is 2.76. The van der Waals surface area contributed by atoms with Crippen molar-refractivity contribution in [2.75, 3.05) is 21.1 Å². The second-order valence-corrected chi connectivity index (χ2v) is 12.4. The van der Waals surface area contributed by atoms with E-state index in [4.69, 9.17) is 0 Å². The van der Waals surface area contributed by atoms with Crippen molar-refractivity contribution in [2.24, 2.45) is 0 Å². The van der Waals surface area contributed by atoms with Gasteiger partial charge in [-0.15, -0.1) is 0 Å². The van der Waals surface area contributed by atoms with Gasteiger partial charge < -0.3 is 4.89 Å². The van der Waals surface area contributed by atoms with Gasteiger partial charge in [0.05, 0.1) is 21.1 Å². The van der Waals surface area contributed by atoms with Crippen LogP contribution in [-0.4, -0.2) is 30.9 Å². The first-order valence-corrected chi connectivity index (χ1v) is 15.6. The first-order valence-electron chi connectivity index (χ1n) is 14.4. The Hall–Kier alpha value is -0.240. The molecule has 0 N–H and O–H groups in total. The van der Waals surface area contributed by atoms with E-state index in [0.29, 0.717) is 10.9 Å². The Labute approximate surface area is 209 Å². The maximum Gasteiger partial charge on any atom is 0.376 e. The second kappa shape index (κ2) is 21.1. The fourth-order valence-corrected chi connectivity index (χ4v) is 6.08. The summed E-state index contributed by atoms with van der Waals surface area (Å²) in [5, 5.41) is -0.598. The average molecular weight is 485 g/mol. The normalized spacial score (nSPS) is 14.7. The minimum absolute atomic E-state index is 0.512. The van der Waals surface area contributed by atoms with E-state index in [0.717, 1.165) is 19.3 Å². The molecule has 0 saturated carbocycles. The molecule has 0 saturated heterocycles. The summed E-state index contributed by atoms with van der Waals surface area (Å²) in [6.07, 6.45) is 31.6. The maximum atomic E-state index is 12.0. The minimum atomic E-state index is -2.41. The summed E-state index contributed by atoms with van der Waals surface area (Å²) in [5.74, 6) is 0. The van der Waals surface area contributed by atoms with E-state index >= 15 is 0 Å². The molecule has 0 radical (unpaired) electrons. The van der Waals surface area contributed by atoms with E-state index in [2.05, 4.69) is 19.1 Å². The number of allylic oxidation sites excluding steroid dienone is 2. The summed E-state index contributed by atoms with van der Waals surface area (Å²) in [5.41, 5.74) is 0. The highest BCUT2D eigenvalue weighted by molar-refractivity contribution is 7.38. The molecule has 0 bridgehead atoms. The molecular weight excluding hydrogens is 425 g/mol. The summed E-state index contributed by atoms with van der Waals surface area (Å²) in [7, 11) is 3.64. The molecule has 2 unspecified atom stereocenters. The van der Waals surface area contributed by atoms with Crippen LogP contribution in [-0.2, 0) is 4.57 Å². The maximum absolute atomic E-state index is 12.0. The molecule has 0 spiro atoms. The number of unbranched alkanes of at least 4 members (excludes halogenated alkanes) is 17. The van der Waals surface area contributed by atoms with Gasteiger partial charge in [-0.05, 0) is 32.1 Å². The molecule has 0 aliphatic carbocycles. The lowest BCUT2D eigenvalue weighted by atomic mass is 10.0. The molecule has 0 aromatic heterocycles. The van der Waals surface area contributed by atoms with Crippen molar-refractivity contribution in [3.8, 4) is 0 Å². The van der Waals surface area contributed by atoms with Crippen molar-refractivity contribution in [3.63, 3.8) is 0 Å². The standard InChI is InChI=1S/C29H59NO2P/c1-6-8-9-10-11-12-13-14-15-16-17-18-19-20-21-22-23-24-25-26-27-28-29(7-2,33(31)32)30(3,4)5/h13-14H,6-12,15-28H2,1-5H3/q+1. The molecule has 0 aliphatic heterocycles. The van der Waals surface area contributed by atoms with Crippen LogP contribution < -0.4 is 4.89 Å². The zero-order valence-corrected chi connectivity index (χ0v) is 24.1. The van der Waals surface area contributed by atoms with Crippen LogP contribution in [0.15, 0.2) is 12.2 Å². The molecule has 0 heterocycles. The molecule has 4 heteroatoms. The summed E-state index contributed by atoms with van der Waals surface area (Å²) >= 11 is 0. The largest absolute Gasteiger partial charge is 0.590 e. The summed E-state index contributed by atoms with van der Waals surface area (Å²) in [4.78, 5) is 12.0. The predicted octanol–water partition coefficient (Wildman–Crippen LogP) is 9.28. The lowest BCUT2D eigenvalue weighted by molar-refractivity contribution is -0.910. The van der Waals surface area contributed by atoms with Gasteiger partial charge in [0.25, 0.3) is 5.28 Å². The van der Waals surface area contributed by atoms with Crippen LogP contribution in [0.3, 0.4) is 0 Å². The first kappa shape index (κ1) is 32.8. The van der Waals surface area contributed by atoms with E-state index in [9.17, 15) is 9.46 Å². The summed E-state index contributed by atoms with van der Waals surface area (Å²) in [6.45, 7) is 4.29. The van der Waals surface area contributed by atoms with Gasteiger partial charge in [0.2, 0.25) is 0 Å². The minimum Gasteiger partial charge on any atom is -0.590 e. The van der Waals surface area contributed by atoms with Gasteiger partial charge in [0.15, 0.2) is 0 Å². The number of hydrogen-bond acceptors (Lipinski definition) is 2. The zero-order chi connectivity index (χ0) is 24.8. The predicted molar refractivity (Wildman–Crippen MR) is 146 cm³/mol. The molecule has 33 heavy (non-hydrogen) atoms. The van der Waals surface area contributed by atoms with Gasteiger partial charge in [0, 0.05) is 12.8 Å². The Morgan fingerprint density at radius 1 is 0.636 bits per heavy atom. The summed E-state index contributed by atoms with van der Waals surface area (Å²) < 4.78 is 12.5. The third-order valence-corrected chi connectivity index (χ3v) is 9.31. The Morgan fingerprint density at radius 3 is 1.33 bits per heavy atom. The summed E-state index contributed by atoms with van der Waals surface area (Å²) in [6, 6.07) is 0. The zero-order valence-electron chi connectivity index (χ0n) is 23.2. The lowest BCUT2D eigenvalue weighted by Gasteiger charge is -2.39. The fourth-order valence-electron chi connectivity index (χ4n) is 4.99. The molecule has 196 valence electrons. The van der Waals surface area contributed by atoms with Gasteiger partial charge >= 0.3 is 8.03 Å². The Kier molecular flexibility index (Phi) is 20.9. The number of nitrogens with zero attached hydrogens (tertiary/aromatic N) is 1. The van der Waals surface area contributed by atoms with Crippen molar-refractivity contribution in [1.82, 2.24) is 0 Å². The smallest absolute Gasteiger partial charge is 0.376 e. The first-order chi connectivity index (χ1) is 15.8. The van der Waals surface area contributed by atoms with E-state index in [1.54, 1.807) is 0 Å². The number of hydrogen-bond donors (Lipinski definition) is 0. The van der Waals surface area contributed by atoms with Crippen LogP contribution >= 0.6 is 8.03 Å². The van der Waals surface area contributed by atoms with Crippen LogP contribution in [0.5, 0.6) is 0 Å². The Morgan fingerprint density at radius 2 is 1.00 bits per heavy atom. The van der Waals surface area contributed by atoms with E-state index in [-0.39, 0.29) is 0 Å². The molecule has 3 nitrogen and oxygen atoms in total. The van der Waals surface area contributed by atoms with E-state index in [1.165, 1.54) is 109 Å². The Balaban J connectivity index is 3.48. The highest BCUT2D eigenvalue weighted by atomic mass is 31.1. The van der Waals surface area contributed by atoms with Gasteiger partial charge in [-0.1, -0.05) is 120 Å². The van der Waals surface area contributed by atoms with Crippen LogP contribution in [0.2, 0.25) is 0 Å². The molecule has 0 rings (SSSR count). The molecule has 0 aliphatic rings. The highest BCUT2D eigenvalue weighted by Crippen LogP contribution is 2.44. The third-order valence-electron chi connectivity index (χ3n) is 7.49. The number of quaternary nitrogens is 1. The lowest BCUT2D eigenvalue weighted by Crippen LogP contribution is -2.55. The molecule has 2 atom stereocenters. The SMILES string of the molecule is CCCCCCCC=CCCCCCCCCCCCCCCC(CC)([P+](=O)[O-])[N+](C)(C)C. The van der Waals surface area contributed by atoms with Crippen LogP contribution in [0.4, 0.5) is 0 Å². The monoisotopic (exact) mass is 484 g/mol. The van der Waals surface area contributed by atoms with Gasteiger partial charge in [0.1, 0.15) is 0 Å². The molecule has 0 amide bonds. The molecule has 0 aromatic carbocycles.